The first-order valence-corrected chi connectivity index (χ1v) is 9.05. The number of carbonyl (C=O) groups excluding carboxylic acids is 1. The lowest BCUT2D eigenvalue weighted by Crippen LogP contribution is -2.39. The van der Waals surface area contributed by atoms with Crippen LogP contribution in [0.3, 0.4) is 0 Å². The quantitative estimate of drug-likeness (QED) is 0.753. The summed E-state index contributed by atoms with van der Waals surface area (Å²) in [6.45, 7) is 1.54. The minimum Gasteiger partial charge on any atom is -0.330 e. The van der Waals surface area contributed by atoms with E-state index in [-0.39, 0.29) is 21.9 Å². The maximum atomic E-state index is 12.5. The van der Waals surface area contributed by atoms with Crippen LogP contribution in [0.4, 0.5) is 13.2 Å². The highest BCUT2D eigenvalue weighted by Gasteiger charge is 2.34. The smallest absolute Gasteiger partial charge is 0.330 e. The number of hydrogen-bond acceptors (Lipinski definition) is 4. The third-order valence-electron chi connectivity index (χ3n) is 2.60. The van der Waals surface area contributed by atoms with E-state index in [1.165, 1.54) is 12.3 Å². The Labute approximate surface area is 128 Å². The molecule has 0 saturated carbocycles. The van der Waals surface area contributed by atoms with Gasteiger partial charge in [-0.3, -0.25) is 4.79 Å². The Morgan fingerprint density at radius 1 is 1.43 bits per heavy atom. The van der Waals surface area contributed by atoms with Crippen LogP contribution in [0, 0.1) is 6.92 Å². The molecule has 0 fully saturated rings. The minimum absolute atomic E-state index is 0.0723. The van der Waals surface area contributed by atoms with Gasteiger partial charge in [0.1, 0.15) is 10.8 Å². The Bertz CT molecular complexity index is 625. The van der Waals surface area contributed by atoms with Crippen molar-refractivity contribution in [3.8, 4) is 0 Å². The first-order valence-electron chi connectivity index (χ1n) is 5.86. The maximum Gasteiger partial charge on any atom is 0.406 e. The molecule has 0 saturated heterocycles. The van der Waals surface area contributed by atoms with E-state index in [1.807, 2.05) is 0 Å². The Balaban J connectivity index is 3.13. The zero-order valence-corrected chi connectivity index (χ0v) is 13.6. The van der Waals surface area contributed by atoms with E-state index in [1.54, 1.807) is 6.92 Å². The first-order chi connectivity index (χ1) is 9.47. The van der Waals surface area contributed by atoms with E-state index < -0.39 is 27.7 Å². The van der Waals surface area contributed by atoms with Gasteiger partial charge in [-0.1, -0.05) is 6.92 Å². The van der Waals surface area contributed by atoms with Crippen LogP contribution >= 0.6 is 22.0 Å². The fraction of sp³-hybridized carbons (Fsp3) is 0.545. The molecule has 0 unspecified atom stereocenters. The van der Waals surface area contributed by atoms with Crippen LogP contribution in [0.15, 0.2) is 9.59 Å². The monoisotopic (exact) mass is 363 g/mol. The summed E-state index contributed by atoms with van der Waals surface area (Å²) >= 11 is 0.716. The second-order valence-electron chi connectivity index (χ2n) is 4.34. The lowest BCUT2D eigenvalue weighted by atomic mass is 10.2. The molecule has 0 aromatic carbocycles. The Morgan fingerprint density at radius 3 is 2.38 bits per heavy atom. The van der Waals surface area contributed by atoms with Crippen molar-refractivity contribution in [3.05, 3.63) is 16.5 Å². The zero-order valence-electron chi connectivity index (χ0n) is 11.2. The van der Waals surface area contributed by atoms with Crippen LogP contribution in [-0.4, -0.2) is 38.5 Å². The zero-order chi connectivity index (χ0) is 16.4. The number of halogens is 4. The molecule has 0 aliphatic heterocycles. The highest BCUT2D eigenvalue weighted by molar-refractivity contribution is 8.15. The van der Waals surface area contributed by atoms with Crippen LogP contribution in [0.1, 0.15) is 29.3 Å². The molecule has 0 N–H and O–H groups in total. The normalized spacial score (nSPS) is 12.5. The number of hydrogen-bond donors (Lipinski definition) is 0. The number of nitrogens with zero attached hydrogens (tertiary/aromatic N) is 1. The van der Waals surface area contributed by atoms with Gasteiger partial charge in [-0.05, 0) is 18.9 Å². The summed E-state index contributed by atoms with van der Waals surface area (Å²) in [5.74, 6) is -0.852. The van der Waals surface area contributed by atoms with Gasteiger partial charge in [-0.25, -0.2) is 8.42 Å². The number of amides is 1. The molecule has 1 amide bonds. The van der Waals surface area contributed by atoms with Gasteiger partial charge in [0.05, 0.1) is 5.56 Å². The second kappa shape index (κ2) is 6.53. The van der Waals surface area contributed by atoms with Crippen molar-refractivity contribution in [1.82, 2.24) is 4.90 Å². The van der Waals surface area contributed by atoms with E-state index >= 15 is 0 Å². The van der Waals surface area contributed by atoms with Crippen molar-refractivity contribution in [1.29, 1.82) is 0 Å². The lowest BCUT2D eigenvalue weighted by Gasteiger charge is -2.23. The van der Waals surface area contributed by atoms with Crippen LogP contribution in [0.5, 0.6) is 0 Å². The van der Waals surface area contributed by atoms with Gasteiger partial charge in [0.25, 0.3) is 15.0 Å². The molecule has 4 nitrogen and oxygen atoms in total. The van der Waals surface area contributed by atoms with Gasteiger partial charge in [0.15, 0.2) is 0 Å². The summed E-state index contributed by atoms with van der Waals surface area (Å²) in [7, 11) is 1.19. The van der Waals surface area contributed by atoms with Crippen molar-refractivity contribution < 1.29 is 26.4 Å². The SMILES string of the molecule is CCCN(CC(F)(F)F)C(=O)c1csc(S(=O)(=O)Cl)c1C. The van der Waals surface area contributed by atoms with E-state index in [0.717, 1.165) is 0 Å². The van der Waals surface area contributed by atoms with Crippen LogP contribution in [0.2, 0.25) is 0 Å². The van der Waals surface area contributed by atoms with Crippen molar-refractivity contribution in [2.75, 3.05) is 13.1 Å². The van der Waals surface area contributed by atoms with E-state index in [0.29, 0.717) is 22.7 Å². The molecule has 0 radical (unpaired) electrons. The van der Waals surface area contributed by atoms with Crippen LogP contribution in [0.25, 0.3) is 0 Å². The minimum atomic E-state index is -4.52. The van der Waals surface area contributed by atoms with Crippen molar-refractivity contribution in [2.24, 2.45) is 0 Å². The molecule has 0 aliphatic rings. The van der Waals surface area contributed by atoms with Gasteiger partial charge in [-0.15, -0.1) is 11.3 Å². The van der Waals surface area contributed by atoms with Gasteiger partial charge >= 0.3 is 6.18 Å². The van der Waals surface area contributed by atoms with E-state index in [2.05, 4.69) is 0 Å². The number of thiophene rings is 1. The Hall–Kier alpha value is -0.800. The fourth-order valence-corrected chi connectivity index (χ4v) is 4.30. The molecule has 120 valence electrons. The van der Waals surface area contributed by atoms with Crippen molar-refractivity contribution in [2.45, 2.75) is 30.7 Å². The largest absolute Gasteiger partial charge is 0.406 e. The molecule has 0 aliphatic carbocycles. The predicted octanol–water partition coefficient (Wildman–Crippen LogP) is 3.40. The average molecular weight is 364 g/mol. The fourth-order valence-electron chi connectivity index (χ4n) is 1.76. The van der Waals surface area contributed by atoms with Gasteiger partial charge in [-0.2, -0.15) is 13.2 Å². The molecular formula is C11H13ClF3NO3S2. The molecule has 0 bridgehead atoms. The Morgan fingerprint density at radius 2 is 2.00 bits per heavy atom. The third kappa shape index (κ3) is 4.86. The molecule has 1 aromatic heterocycles. The lowest BCUT2D eigenvalue weighted by molar-refractivity contribution is -0.140. The summed E-state index contributed by atoms with van der Waals surface area (Å²) < 4.78 is 59.8. The number of carbonyl (C=O) groups is 1. The molecule has 0 atom stereocenters. The van der Waals surface area contributed by atoms with Crippen LogP contribution in [-0.2, 0) is 9.05 Å². The van der Waals surface area contributed by atoms with Crippen molar-refractivity contribution in [3.63, 3.8) is 0 Å². The average Bonchev–Trinajstić information content (AvgIpc) is 2.67. The predicted molar refractivity (Wildman–Crippen MR) is 74.3 cm³/mol. The Kier molecular flexibility index (Phi) is 5.68. The summed E-state index contributed by atoms with van der Waals surface area (Å²) in [5, 5.41) is 1.21. The molecule has 1 heterocycles. The third-order valence-corrected chi connectivity index (χ3v) is 5.90. The first kappa shape index (κ1) is 18.2. The summed E-state index contributed by atoms with van der Waals surface area (Å²) in [4.78, 5) is 12.8. The van der Waals surface area contributed by atoms with Gasteiger partial charge in [0, 0.05) is 22.6 Å². The maximum absolute atomic E-state index is 12.5. The number of alkyl halides is 3. The molecule has 1 aromatic rings. The van der Waals surface area contributed by atoms with Crippen LogP contribution < -0.4 is 0 Å². The second-order valence-corrected chi connectivity index (χ2v) is 7.98. The summed E-state index contributed by atoms with van der Waals surface area (Å²) in [6.07, 6.45) is -4.16. The molecule has 21 heavy (non-hydrogen) atoms. The highest BCUT2D eigenvalue weighted by Crippen LogP contribution is 2.30. The number of rotatable bonds is 5. The molecule has 1 rings (SSSR count). The van der Waals surface area contributed by atoms with Gasteiger partial charge < -0.3 is 4.90 Å². The van der Waals surface area contributed by atoms with Gasteiger partial charge in [0.2, 0.25) is 0 Å². The molecule has 10 heteroatoms. The van der Waals surface area contributed by atoms with E-state index in [9.17, 15) is 26.4 Å². The molecule has 0 spiro atoms. The summed E-state index contributed by atoms with van der Waals surface area (Å²) in [6, 6.07) is 0. The topological polar surface area (TPSA) is 54.5 Å². The molecular weight excluding hydrogens is 351 g/mol. The summed E-state index contributed by atoms with van der Waals surface area (Å²) in [5.41, 5.74) is 0.000188. The van der Waals surface area contributed by atoms with E-state index in [4.69, 9.17) is 10.7 Å². The van der Waals surface area contributed by atoms with Crippen molar-refractivity contribution >= 4 is 37.0 Å². The standard InChI is InChI=1S/C11H13ClF3NO3S2/c1-3-4-16(6-11(13,14)15)9(17)8-5-20-10(7(8)2)21(12,18)19/h5H,3-4,6H2,1-2H3. The highest BCUT2D eigenvalue weighted by atomic mass is 35.7.